The van der Waals surface area contributed by atoms with Crippen LogP contribution in [0.25, 0.3) is 27.0 Å². The van der Waals surface area contributed by atoms with Gasteiger partial charge in [-0.25, -0.2) is 18.1 Å². The highest BCUT2D eigenvalue weighted by atomic mass is 35.5. The summed E-state index contributed by atoms with van der Waals surface area (Å²) in [5.41, 5.74) is 9.29. The number of hydrogen-bond acceptors (Lipinski definition) is 21. The Bertz CT molecular complexity index is 4950. The normalized spacial score (nSPS) is 22.7. The van der Waals surface area contributed by atoms with Crippen LogP contribution in [0.5, 0.6) is 11.6 Å². The smallest absolute Gasteiger partial charge is 0.297 e. The molecule has 4 fully saturated rings. The Labute approximate surface area is 693 Å². The maximum atomic E-state index is 14.8. The molecule has 8 heterocycles. The molecular weight excluding hydrogens is 1550 g/mol. The van der Waals surface area contributed by atoms with Gasteiger partial charge in [-0.15, -0.1) is 11.3 Å². The number of nitro benzene ring substituents is 1. The zero-order valence-corrected chi connectivity index (χ0v) is 70.5. The lowest BCUT2D eigenvalue weighted by Gasteiger charge is -2.44. The number of hydrogen-bond donors (Lipinski definition) is 7. The molecular formula is C87H111ClN14O13S2. The number of ether oxygens (including phenoxy) is 2. The van der Waals surface area contributed by atoms with Crippen LogP contribution in [0.2, 0.25) is 5.02 Å². The number of rotatable bonds is 26. The molecule has 2 aliphatic carbocycles. The van der Waals surface area contributed by atoms with Crippen molar-refractivity contribution in [2.45, 2.75) is 192 Å². The van der Waals surface area contributed by atoms with Gasteiger partial charge < -0.3 is 60.2 Å². The van der Waals surface area contributed by atoms with E-state index in [-0.39, 0.29) is 84.1 Å². The average molecular weight is 1660 g/mol. The van der Waals surface area contributed by atoms with Crippen LogP contribution < -0.4 is 39.9 Å². The summed E-state index contributed by atoms with van der Waals surface area (Å²) in [6.07, 6.45) is 11.4. The van der Waals surface area contributed by atoms with Crippen molar-refractivity contribution in [3.63, 3.8) is 0 Å². The topological polar surface area (TPSA) is 331 Å². The van der Waals surface area contributed by atoms with Crippen molar-refractivity contribution in [1.29, 1.82) is 0 Å². The first-order chi connectivity index (χ1) is 55.9. The summed E-state index contributed by atoms with van der Waals surface area (Å²) in [5, 5.41) is 44.8. The van der Waals surface area contributed by atoms with Crippen LogP contribution in [-0.4, -0.2) is 209 Å². The molecule has 3 saturated heterocycles. The molecule has 30 heteroatoms. The highest BCUT2D eigenvalue weighted by Gasteiger charge is 2.46. The zero-order valence-electron chi connectivity index (χ0n) is 68.1. The number of piperazine rings is 2. The lowest BCUT2D eigenvalue weighted by Crippen LogP contribution is -2.57. The first-order valence-corrected chi connectivity index (χ1v) is 44.2. The maximum Gasteiger partial charge on any atom is 0.297 e. The number of sulfonamides is 1. The van der Waals surface area contributed by atoms with Gasteiger partial charge >= 0.3 is 0 Å². The Morgan fingerprint density at radius 3 is 2.26 bits per heavy atom. The molecule has 4 aromatic carbocycles. The molecule has 5 aliphatic heterocycles. The van der Waals surface area contributed by atoms with E-state index in [4.69, 9.17) is 26.1 Å². The van der Waals surface area contributed by atoms with Gasteiger partial charge in [-0.2, -0.15) is 4.98 Å². The molecule has 6 atom stereocenters. The van der Waals surface area contributed by atoms with Crippen molar-refractivity contribution < 1.29 is 57.0 Å². The number of H-pyrrole nitrogens is 1. The monoisotopic (exact) mass is 1660 g/mol. The van der Waals surface area contributed by atoms with E-state index in [1.165, 1.54) is 22.1 Å². The summed E-state index contributed by atoms with van der Waals surface area (Å²) >= 11 is 8.10. The van der Waals surface area contributed by atoms with Gasteiger partial charge in [-0.05, 0) is 173 Å². The van der Waals surface area contributed by atoms with E-state index in [2.05, 4.69) is 64.4 Å². The minimum Gasteiger partial charge on any atom is -0.489 e. The van der Waals surface area contributed by atoms with Crippen molar-refractivity contribution in [3.8, 4) is 22.1 Å². The highest BCUT2D eigenvalue weighted by Crippen LogP contribution is 2.47. The average Bonchev–Trinajstić information content (AvgIpc) is 1.36. The minimum atomic E-state index is -4.75. The van der Waals surface area contributed by atoms with Crippen molar-refractivity contribution in [2.24, 2.45) is 16.7 Å². The van der Waals surface area contributed by atoms with Crippen LogP contribution in [0.4, 0.5) is 28.4 Å². The number of aryl methyl sites for hydroxylation is 1. The number of carbonyl (C=O) groups excluding carboxylic acids is 5. The van der Waals surface area contributed by atoms with Crippen LogP contribution in [0.3, 0.4) is 0 Å². The van der Waals surface area contributed by atoms with Gasteiger partial charge in [0.1, 0.15) is 30.0 Å². The lowest BCUT2D eigenvalue weighted by molar-refractivity contribution is -0.384. The number of nitrogens with one attached hydrogen (secondary N) is 5. The number of amides is 5. The third-order valence-electron chi connectivity index (χ3n) is 24.8. The van der Waals surface area contributed by atoms with Crippen molar-refractivity contribution >= 4 is 108 Å². The third kappa shape index (κ3) is 20.1. The second-order valence-electron chi connectivity index (χ2n) is 34.9. The van der Waals surface area contributed by atoms with Crippen molar-refractivity contribution in [2.75, 3.05) is 107 Å². The number of aliphatic hydroxyl groups is 2. The van der Waals surface area contributed by atoms with Gasteiger partial charge in [-0.1, -0.05) is 94.1 Å². The predicted octanol–water partition coefficient (Wildman–Crippen LogP) is 12.7. The molecule has 0 unspecified atom stereocenters. The first-order valence-electron chi connectivity index (χ1n) is 41.5. The number of halogens is 1. The first kappa shape index (κ1) is 84.2. The number of pyridine rings is 1. The molecule has 3 aromatic heterocycles. The molecule has 7 N–H and O–H groups in total. The van der Waals surface area contributed by atoms with Gasteiger partial charge in [-0.3, -0.25) is 43.9 Å². The van der Waals surface area contributed by atoms with Crippen molar-refractivity contribution in [3.05, 3.63) is 146 Å². The molecule has 1 saturated carbocycles. The summed E-state index contributed by atoms with van der Waals surface area (Å²) in [5.74, 6) is -1.20. The number of aromatic amines is 1. The van der Waals surface area contributed by atoms with Gasteiger partial charge in [0.2, 0.25) is 29.5 Å². The number of β-amino-alcohol motifs (C(OH)–C–C–N with tert-alkyl or cyclic N) is 1. The van der Waals surface area contributed by atoms with E-state index < -0.39 is 66.5 Å². The van der Waals surface area contributed by atoms with Gasteiger partial charge in [0.05, 0.1) is 67.5 Å². The zero-order chi connectivity index (χ0) is 82.7. The second kappa shape index (κ2) is 35.8. The van der Waals surface area contributed by atoms with Crippen LogP contribution in [-0.2, 0) is 29.2 Å². The fraction of sp³-hybridized carbons (Fsp3) is 0.529. The van der Waals surface area contributed by atoms with Gasteiger partial charge in [0.25, 0.3) is 21.6 Å². The Balaban J connectivity index is 0.561. The third-order valence-corrected chi connectivity index (χ3v) is 27.3. The standard InChI is InChI=1S/C87H111ClN14O13S2/c1-55(58-15-17-60(18-16-58)78-56(2)90-54-116-78)91-82(107)72-46-66(103)51-101(72)84(108)79(85(3,4)5)93-75(104)13-10-8-9-11-14-76(105)99-40-36-97(37-41-99)53-86(6)29-27-62(69(49-86)59-19-21-63(88)22-20-59)50-96-34-38-98(39-35-96)65-23-24-68(70(45-65)100-33-12-42-114-83-73(100)44-61-28-32-89-80(61)94-83)81(106)95-117(112,113)67-47-71(102(110)111)77-74(48-67)115-52-64(92-77)43-57-25-30-87(7,109)31-26-57/h15-24,28,32,44-45,47-48,54-55,57,64,66,72,79,92,103,109H,8-14,25-27,29-31,33-43,46,49-53H2,1-7H3,(H,89,94)(H,91,107)(H,93,104)(H,95,106)/t55-,57?,64+,66+,72-,79+,86-,87?/m0/s1. The van der Waals surface area contributed by atoms with E-state index in [0.29, 0.717) is 112 Å². The SMILES string of the molecule is Cc1ncsc1-c1ccc([C@H](C)NC(=O)[C@@H]2C[C@@H](O)CN2C(=O)[C@@H](NC(=O)CCCCCCC(=O)N2CCN(C[C@@]3(C)CCC(CN4CCN(c5ccc(C(=O)NS(=O)(=O)c6cc7c(c([N+](=O)[O-])c6)N[C@H](CC6CCC(C)(O)CC6)CO7)c(N6CCCOc7nc8[nH]ccc8cc76)c5)CC4)=C(c4ccc(Cl)cc4)C3)CC2)C(C)(C)C)cc1. The number of nitrogens with zero attached hydrogens (tertiary/aromatic N) is 9. The summed E-state index contributed by atoms with van der Waals surface area (Å²) in [4.78, 5) is 108. The molecule has 0 spiro atoms. The Kier molecular flexibility index (Phi) is 25.7. The number of allylic oxidation sites excluding steroid dienone is 1. The summed E-state index contributed by atoms with van der Waals surface area (Å²) in [6.45, 7) is 22.0. The fourth-order valence-electron chi connectivity index (χ4n) is 18.0. The summed E-state index contributed by atoms with van der Waals surface area (Å²) in [6, 6.07) is 25.1. The summed E-state index contributed by atoms with van der Waals surface area (Å²) < 4.78 is 43.5. The molecule has 27 nitrogen and oxygen atoms in total. The predicted molar refractivity (Wildman–Crippen MR) is 454 cm³/mol. The molecule has 5 amide bonds. The number of carbonyl (C=O) groups is 5. The van der Waals surface area contributed by atoms with Gasteiger partial charge in [0.15, 0.2) is 11.4 Å². The highest BCUT2D eigenvalue weighted by molar-refractivity contribution is 7.90. The number of nitro groups is 1. The van der Waals surface area contributed by atoms with Crippen LogP contribution in [0.15, 0.2) is 113 Å². The number of thiazole rings is 1. The molecule has 0 radical (unpaired) electrons. The number of anilines is 4. The molecule has 0 bridgehead atoms. The second-order valence-corrected chi connectivity index (χ2v) is 37.9. The number of aromatic nitrogens is 3. The molecule has 7 aliphatic rings. The van der Waals surface area contributed by atoms with E-state index in [1.54, 1.807) is 23.6 Å². The largest absolute Gasteiger partial charge is 0.489 e. The van der Waals surface area contributed by atoms with E-state index >= 15 is 0 Å². The number of benzene rings is 4. The maximum absolute atomic E-state index is 14.8. The number of aliphatic hydroxyl groups excluding tert-OH is 1. The Morgan fingerprint density at radius 2 is 1.56 bits per heavy atom. The van der Waals surface area contributed by atoms with Crippen LogP contribution in [0.1, 0.15) is 177 Å². The fourth-order valence-corrected chi connectivity index (χ4v) is 19.9. The van der Waals surface area contributed by atoms with Gasteiger partial charge in [0, 0.05) is 132 Å². The van der Waals surface area contributed by atoms with Crippen molar-refractivity contribution in [1.82, 2.24) is 49.9 Å². The number of fused-ring (bicyclic) bond motifs is 3. The number of unbranched alkanes of at least 4 members (excludes halogenated alkanes) is 3. The molecule has 626 valence electrons. The quantitative estimate of drug-likeness (QED) is 0.0150. The van der Waals surface area contributed by atoms with E-state index in [0.717, 1.165) is 129 Å². The Hall–Kier alpha value is -9.23. The van der Waals surface area contributed by atoms with E-state index in [9.17, 15) is 52.7 Å². The van der Waals surface area contributed by atoms with E-state index in [1.807, 2.05) is 118 Å². The number of likely N-dealkylation sites (tertiary alicyclic amines) is 1. The summed E-state index contributed by atoms with van der Waals surface area (Å²) in [7, 11) is -4.75. The van der Waals surface area contributed by atoms with Crippen LogP contribution in [0, 0.1) is 33.8 Å². The lowest BCUT2D eigenvalue weighted by atomic mass is 9.70. The molecule has 7 aromatic rings. The Morgan fingerprint density at radius 1 is 0.838 bits per heavy atom. The molecule has 14 rings (SSSR count). The molecule has 117 heavy (non-hydrogen) atoms. The minimum absolute atomic E-state index is 0.00854. The van der Waals surface area contributed by atoms with Crippen LogP contribution >= 0.6 is 22.9 Å².